The largest absolute Gasteiger partial charge is 0.494 e. The van der Waals surface area contributed by atoms with Crippen LogP contribution in [0.15, 0.2) is 53.1 Å². The van der Waals surface area contributed by atoms with Gasteiger partial charge in [-0.3, -0.25) is 10.1 Å². The summed E-state index contributed by atoms with van der Waals surface area (Å²) in [5.41, 5.74) is 1.78. The predicted molar refractivity (Wildman–Crippen MR) is 90.9 cm³/mol. The monoisotopic (exact) mass is 336 g/mol. The first-order chi connectivity index (χ1) is 12.1. The minimum Gasteiger partial charge on any atom is -0.494 e. The molecule has 0 radical (unpaired) electrons. The van der Waals surface area contributed by atoms with E-state index in [0.29, 0.717) is 16.8 Å². The van der Waals surface area contributed by atoms with Crippen LogP contribution in [0.2, 0.25) is 0 Å². The number of nitro groups is 1. The average Bonchev–Trinajstić information content (AvgIpc) is 3.06. The number of benzene rings is 2. The Labute approximate surface area is 142 Å². The molecule has 2 aromatic carbocycles. The van der Waals surface area contributed by atoms with Crippen LogP contribution in [0.4, 0.5) is 11.4 Å². The number of non-ortho nitro benzene ring substituents is 1. The first kappa shape index (κ1) is 16.0. The molecule has 8 nitrogen and oxygen atoms in total. The number of nitriles is 1. The molecule has 1 aromatic heterocycles. The van der Waals surface area contributed by atoms with Gasteiger partial charge in [0.25, 0.3) is 5.69 Å². The summed E-state index contributed by atoms with van der Waals surface area (Å²) in [6.07, 6.45) is 1.41. The maximum absolute atomic E-state index is 10.8. The minimum absolute atomic E-state index is 0.0918. The molecule has 0 unspecified atom stereocenters. The molecule has 0 amide bonds. The zero-order chi connectivity index (χ0) is 17.8. The average molecular weight is 336 g/mol. The van der Waals surface area contributed by atoms with Crippen LogP contribution >= 0.6 is 0 Å². The number of hydrogen-bond donors (Lipinski definition) is 1. The van der Waals surface area contributed by atoms with Crippen molar-refractivity contribution in [2.75, 3.05) is 12.4 Å². The molecule has 3 rings (SSSR count). The fourth-order valence-electron chi connectivity index (χ4n) is 2.19. The third kappa shape index (κ3) is 3.25. The van der Waals surface area contributed by atoms with Crippen LogP contribution in [0.25, 0.3) is 16.7 Å². The van der Waals surface area contributed by atoms with Crippen molar-refractivity contribution in [2.45, 2.75) is 0 Å². The van der Waals surface area contributed by atoms with Gasteiger partial charge in [0.15, 0.2) is 5.58 Å². The van der Waals surface area contributed by atoms with E-state index < -0.39 is 4.92 Å². The summed E-state index contributed by atoms with van der Waals surface area (Å²) in [7, 11) is 1.40. The number of nitro benzene ring substituents is 1. The summed E-state index contributed by atoms with van der Waals surface area (Å²) in [4.78, 5) is 14.6. The van der Waals surface area contributed by atoms with E-state index in [1.54, 1.807) is 12.1 Å². The SMILES string of the molecule is COc1cc([N+](=O)[O-])ccc1NC=C(C#N)c1nc2ccccc2o1. The number of hydrogen-bond acceptors (Lipinski definition) is 7. The van der Waals surface area contributed by atoms with E-state index in [4.69, 9.17) is 9.15 Å². The van der Waals surface area contributed by atoms with Gasteiger partial charge in [-0.1, -0.05) is 12.1 Å². The molecule has 0 aliphatic heterocycles. The van der Waals surface area contributed by atoms with Crippen LogP contribution in [0.5, 0.6) is 5.75 Å². The normalized spacial score (nSPS) is 11.1. The molecule has 0 aliphatic carbocycles. The van der Waals surface area contributed by atoms with Crippen molar-refractivity contribution in [1.82, 2.24) is 4.98 Å². The Morgan fingerprint density at radius 3 is 2.88 bits per heavy atom. The van der Waals surface area contributed by atoms with Crippen LogP contribution < -0.4 is 10.1 Å². The third-order valence-electron chi connectivity index (χ3n) is 3.41. The Hall–Kier alpha value is -3.86. The van der Waals surface area contributed by atoms with Gasteiger partial charge in [-0.15, -0.1) is 0 Å². The summed E-state index contributed by atoms with van der Waals surface area (Å²) < 4.78 is 10.7. The van der Waals surface area contributed by atoms with Gasteiger partial charge in [0.05, 0.1) is 23.8 Å². The quantitative estimate of drug-likeness (QED) is 0.429. The van der Waals surface area contributed by atoms with Gasteiger partial charge < -0.3 is 14.5 Å². The zero-order valence-electron chi connectivity index (χ0n) is 13.1. The van der Waals surface area contributed by atoms with Gasteiger partial charge in [0, 0.05) is 12.3 Å². The molecule has 1 heterocycles. The van der Waals surface area contributed by atoms with Crippen molar-refractivity contribution < 1.29 is 14.1 Å². The molecule has 8 heteroatoms. The molecule has 1 N–H and O–H groups in total. The molecule has 0 spiro atoms. The number of allylic oxidation sites excluding steroid dienone is 1. The lowest BCUT2D eigenvalue weighted by molar-refractivity contribution is -0.384. The Bertz CT molecular complexity index is 984. The van der Waals surface area contributed by atoms with Crippen LogP contribution in [0.1, 0.15) is 5.89 Å². The molecule has 0 atom stereocenters. The van der Waals surface area contributed by atoms with E-state index in [2.05, 4.69) is 10.3 Å². The summed E-state index contributed by atoms with van der Waals surface area (Å²) in [5, 5.41) is 23.1. The van der Waals surface area contributed by atoms with E-state index in [-0.39, 0.29) is 22.9 Å². The first-order valence-electron chi connectivity index (χ1n) is 7.17. The first-order valence-corrected chi connectivity index (χ1v) is 7.17. The lowest BCUT2D eigenvalue weighted by Crippen LogP contribution is -1.96. The lowest BCUT2D eigenvalue weighted by Gasteiger charge is -2.07. The zero-order valence-corrected chi connectivity index (χ0v) is 13.1. The van der Waals surface area contributed by atoms with Gasteiger partial charge in [0.1, 0.15) is 22.9 Å². The highest BCUT2D eigenvalue weighted by atomic mass is 16.6. The highest BCUT2D eigenvalue weighted by Gasteiger charge is 2.13. The number of oxazole rings is 1. The van der Waals surface area contributed by atoms with E-state index in [9.17, 15) is 15.4 Å². The van der Waals surface area contributed by atoms with E-state index in [1.165, 1.54) is 31.5 Å². The van der Waals surface area contributed by atoms with Crippen molar-refractivity contribution in [3.8, 4) is 11.8 Å². The highest BCUT2D eigenvalue weighted by Crippen LogP contribution is 2.29. The third-order valence-corrected chi connectivity index (χ3v) is 3.41. The number of nitrogens with zero attached hydrogens (tertiary/aromatic N) is 3. The Kier molecular flexibility index (Phi) is 4.30. The van der Waals surface area contributed by atoms with Gasteiger partial charge in [0.2, 0.25) is 5.89 Å². The molecule has 0 saturated heterocycles. The summed E-state index contributed by atoms with van der Waals surface area (Å²) >= 11 is 0. The molecular weight excluding hydrogens is 324 g/mol. The second kappa shape index (κ2) is 6.72. The maximum Gasteiger partial charge on any atom is 0.273 e. The number of para-hydroxylation sites is 2. The molecular formula is C17H12N4O4. The van der Waals surface area contributed by atoms with Crippen molar-refractivity contribution >= 4 is 28.0 Å². The van der Waals surface area contributed by atoms with Gasteiger partial charge >= 0.3 is 0 Å². The van der Waals surface area contributed by atoms with Crippen molar-refractivity contribution in [2.24, 2.45) is 0 Å². The number of anilines is 1. The number of fused-ring (bicyclic) bond motifs is 1. The minimum atomic E-state index is -0.513. The Balaban J connectivity index is 1.91. The molecule has 124 valence electrons. The molecule has 0 saturated carbocycles. The Morgan fingerprint density at radius 1 is 1.40 bits per heavy atom. The number of ether oxygens (including phenoxy) is 1. The van der Waals surface area contributed by atoms with E-state index in [0.717, 1.165) is 0 Å². The summed E-state index contributed by atoms with van der Waals surface area (Å²) in [6.45, 7) is 0. The number of rotatable bonds is 5. The molecule has 3 aromatic rings. The summed E-state index contributed by atoms with van der Waals surface area (Å²) in [6, 6.07) is 13.3. The second-order valence-corrected chi connectivity index (χ2v) is 4.94. The van der Waals surface area contributed by atoms with Crippen molar-refractivity contribution in [3.63, 3.8) is 0 Å². The smallest absolute Gasteiger partial charge is 0.273 e. The maximum atomic E-state index is 10.8. The molecule has 0 aliphatic rings. The molecule has 25 heavy (non-hydrogen) atoms. The van der Waals surface area contributed by atoms with Gasteiger partial charge in [-0.25, -0.2) is 4.98 Å². The van der Waals surface area contributed by atoms with Crippen molar-refractivity contribution in [1.29, 1.82) is 5.26 Å². The fraction of sp³-hybridized carbons (Fsp3) is 0.0588. The number of methoxy groups -OCH3 is 1. The van der Waals surface area contributed by atoms with Crippen LogP contribution in [-0.4, -0.2) is 17.0 Å². The molecule has 0 bridgehead atoms. The van der Waals surface area contributed by atoms with Gasteiger partial charge in [-0.2, -0.15) is 5.26 Å². The second-order valence-electron chi connectivity index (χ2n) is 4.94. The van der Waals surface area contributed by atoms with E-state index in [1.807, 2.05) is 18.2 Å². The lowest BCUT2D eigenvalue weighted by atomic mass is 10.2. The fourth-order valence-corrected chi connectivity index (χ4v) is 2.19. The van der Waals surface area contributed by atoms with Gasteiger partial charge in [-0.05, 0) is 18.2 Å². The number of aromatic nitrogens is 1. The van der Waals surface area contributed by atoms with Crippen molar-refractivity contribution in [3.05, 3.63) is 64.7 Å². The Morgan fingerprint density at radius 2 is 2.20 bits per heavy atom. The predicted octanol–water partition coefficient (Wildman–Crippen LogP) is 3.72. The number of nitrogens with one attached hydrogen (secondary N) is 1. The topological polar surface area (TPSA) is 114 Å². The van der Waals surface area contributed by atoms with Crippen LogP contribution in [0.3, 0.4) is 0 Å². The highest BCUT2D eigenvalue weighted by molar-refractivity contribution is 5.80. The van der Waals surface area contributed by atoms with E-state index >= 15 is 0 Å². The van der Waals surface area contributed by atoms with Crippen LogP contribution in [-0.2, 0) is 0 Å². The molecule has 0 fully saturated rings. The standard InChI is InChI=1S/C17H12N4O4/c1-24-16-8-12(21(22)23)6-7-13(16)19-10-11(9-18)17-20-14-4-2-3-5-15(14)25-17/h2-8,10,19H,1H3. The summed E-state index contributed by atoms with van der Waals surface area (Å²) in [5.74, 6) is 0.456. The van der Waals surface area contributed by atoms with Crippen LogP contribution in [0, 0.1) is 21.4 Å².